The first-order valence-corrected chi connectivity index (χ1v) is 5.98. The number of amides is 1. The number of nitrogens with zero attached hydrogens (tertiary/aromatic N) is 4. The lowest BCUT2D eigenvalue weighted by Gasteiger charge is -2.36. The maximum Gasteiger partial charge on any atom is 0.274 e. The van der Waals surface area contributed by atoms with Crippen molar-refractivity contribution < 1.29 is 4.79 Å². The minimum absolute atomic E-state index is 0.0125. The van der Waals surface area contributed by atoms with E-state index in [0.29, 0.717) is 11.7 Å². The van der Waals surface area contributed by atoms with E-state index >= 15 is 0 Å². The predicted molar refractivity (Wildman–Crippen MR) is 64.6 cm³/mol. The summed E-state index contributed by atoms with van der Waals surface area (Å²) in [5.41, 5.74) is 0.436. The quantitative estimate of drug-likeness (QED) is 0.753. The molecule has 1 amide bonds. The zero-order chi connectivity index (χ0) is 12.3. The summed E-state index contributed by atoms with van der Waals surface area (Å²) in [6.07, 6.45) is 4.65. The van der Waals surface area contributed by atoms with Crippen molar-refractivity contribution >= 4 is 5.91 Å². The molecule has 0 saturated carbocycles. The maximum absolute atomic E-state index is 12.1. The summed E-state index contributed by atoms with van der Waals surface area (Å²) in [5, 5.41) is 0. The average Bonchev–Trinajstić information content (AvgIpc) is 2.39. The normalized spacial score (nSPS) is 17.5. The molecule has 0 spiro atoms. The highest BCUT2D eigenvalue weighted by molar-refractivity contribution is 5.92. The lowest BCUT2D eigenvalue weighted by molar-refractivity contribution is 0.0589. The minimum Gasteiger partial charge on any atom is -0.335 e. The fourth-order valence-corrected chi connectivity index (χ4v) is 2.01. The van der Waals surface area contributed by atoms with Gasteiger partial charge in [0.1, 0.15) is 5.69 Å². The molecule has 0 radical (unpaired) electrons. The molecule has 5 heteroatoms. The lowest BCUT2D eigenvalue weighted by atomic mass is 10.2. The standard InChI is InChI=1S/C12H18N4O/c1-10(2)15-5-7-16(8-6-15)12(17)11-9-13-3-4-14-11/h3-4,9-10H,5-8H2,1-2H3. The van der Waals surface area contributed by atoms with Crippen molar-refractivity contribution in [3.05, 3.63) is 24.3 Å². The van der Waals surface area contributed by atoms with Gasteiger partial charge in [-0.3, -0.25) is 14.7 Å². The zero-order valence-corrected chi connectivity index (χ0v) is 10.3. The van der Waals surface area contributed by atoms with Crippen LogP contribution in [0.5, 0.6) is 0 Å². The van der Waals surface area contributed by atoms with Gasteiger partial charge in [-0.25, -0.2) is 4.98 Å². The number of rotatable bonds is 2. The molecule has 0 unspecified atom stereocenters. The van der Waals surface area contributed by atoms with Gasteiger partial charge in [-0.1, -0.05) is 0 Å². The largest absolute Gasteiger partial charge is 0.335 e. The minimum atomic E-state index is -0.0125. The second-order valence-corrected chi connectivity index (χ2v) is 4.51. The van der Waals surface area contributed by atoms with Gasteiger partial charge < -0.3 is 4.90 Å². The number of aromatic nitrogens is 2. The van der Waals surface area contributed by atoms with E-state index in [-0.39, 0.29) is 5.91 Å². The third kappa shape index (κ3) is 2.79. The Hall–Kier alpha value is -1.49. The van der Waals surface area contributed by atoms with Gasteiger partial charge in [0, 0.05) is 44.6 Å². The number of hydrogen-bond acceptors (Lipinski definition) is 4. The molecule has 1 aromatic rings. The van der Waals surface area contributed by atoms with E-state index in [9.17, 15) is 4.79 Å². The van der Waals surface area contributed by atoms with Crippen LogP contribution in [0.4, 0.5) is 0 Å². The third-order valence-corrected chi connectivity index (χ3v) is 3.11. The fourth-order valence-electron chi connectivity index (χ4n) is 2.01. The molecule has 1 fully saturated rings. The van der Waals surface area contributed by atoms with Crippen LogP contribution in [0.3, 0.4) is 0 Å². The molecule has 1 aliphatic heterocycles. The fraction of sp³-hybridized carbons (Fsp3) is 0.583. The number of carbonyl (C=O) groups is 1. The monoisotopic (exact) mass is 234 g/mol. The number of piperazine rings is 1. The Balaban J connectivity index is 1.95. The smallest absolute Gasteiger partial charge is 0.274 e. The molecule has 0 aromatic carbocycles. The van der Waals surface area contributed by atoms with Crippen LogP contribution in [0, 0.1) is 0 Å². The van der Waals surface area contributed by atoms with Crippen molar-refractivity contribution in [2.75, 3.05) is 26.2 Å². The van der Waals surface area contributed by atoms with Gasteiger partial charge in [0.05, 0.1) is 6.20 Å². The van der Waals surface area contributed by atoms with Crippen molar-refractivity contribution in [3.63, 3.8) is 0 Å². The van der Waals surface area contributed by atoms with Crippen molar-refractivity contribution in [1.29, 1.82) is 0 Å². The van der Waals surface area contributed by atoms with Gasteiger partial charge >= 0.3 is 0 Å². The van der Waals surface area contributed by atoms with Crippen molar-refractivity contribution in [1.82, 2.24) is 19.8 Å². The van der Waals surface area contributed by atoms with E-state index in [1.54, 1.807) is 12.4 Å². The zero-order valence-electron chi connectivity index (χ0n) is 10.3. The Morgan fingerprint density at radius 2 is 1.94 bits per heavy atom. The van der Waals surface area contributed by atoms with E-state index in [2.05, 4.69) is 28.7 Å². The molecule has 0 bridgehead atoms. The lowest BCUT2D eigenvalue weighted by Crippen LogP contribution is -2.50. The summed E-state index contributed by atoms with van der Waals surface area (Å²) < 4.78 is 0. The molecular weight excluding hydrogens is 216 g/mol. The van der Waals surface area contributed by atoms with Gasteiger partial charge in [0.15, 0.2) is 0 Å². The summed E-state index contributed by atoms with van der Waals surface area (Å²) >= 11 is 0. The van der Waals surface area contributed by atoms with Gasteiger partial charge in [-0.05, 0) is 13.8 Å². The Morgan fingerprint density at radius 3 is 2.47 bits per heavy atom. The number of hydrogen-bond donors (Lipinski definition) is 0. The molecule has 17 heavy (non-hydrogen) atoms. The Bertz CT molecular complexity index is 371. The van der Waals surface area contributed by atoms with E-state index < -0.39 is 0 Å². The van der Waals surface area contributed by atoms with Crippen LogP contribution in [0.1, 0.15) is 24.3 Å². The summed E-state index contributed by atoms with van der Waals surface area (Å²) in [6.45, 7) is 7.77. The molecule has 0 N–H and O–H groups in total. The Labute approximate surface area is 101 Å². The molecule has 5 nitrogen and oxygen atoms in total. The van der Waals surface area contributed by atoms with E-state index in [4.69, 9.17) is 0 Å². The van der Waals surface area contributed by atoms with Crippen LogP contribution in [0.2, 0.25) is 0 Å². The molecule has 2 heterocycles. The van der Waals surface area contributed by atoms with Crippen LogP contribution >= 0.6 is 0 Å². The molecule has 2 rings (SSSR count). The van der Waals surface area contributed by atoms with E-state index in [1.807, 2.05) is 4.90 Å². The molecule has 1 saturated heterocycles. The highest BCUT2D eigenvalue weighted by Gasteiger charge is 2.23. The van der Waals surface area contributed by atoms with Crippen LogP contribution in [0.15, 0.2) is 18.6 Å². The maximum atomic E-state index is 12.1. The van der Waals surface area contributed by atoms with Crippen molar-refractivity contribution in [2.45, 2.75) is 19.9 Å². The third-order valence-electron chi connectivity index (χ3n) is 3.11. The van der Waals surface area contributed by atoms with Crippen LogP contribution < -0.4 is 0 Å². The predicted octanol–water partition coefficient (Wildman–Crippen LogP) is 0.643. The summed E-state index contributed by atoms with van der Waals surface area (Å²) in [4.78, 5) is 24.3. The second-order valence-electron chi connectivity index (χ2n) is 4.51. The molecule has 1 aromatic heterocycles. The average molecular weight is 234 g/mol. The first kappa shape index (κ1) is 12.0. The molecule has 92 valence electrons. The van der Waals surface area contributed by atoms with Gasteiger partial charge in [-0.15, -0.1) is 0 Å². The summed E-state index contributed by atoms with van der Waals surface area (Å²) in [6, 6.07) is 0.545. The Morgan fingerprint density at radius 1 is 1.24 bits per heavy atom. The topological polar surface area (TPSA) is 49.3 Å². The van der Waals surface area contributed by atoms with Crippen LogP contribution in [-0.2, 0) is 0 Å². The van der Waals surface area contributed by atoms with E-state index in [0.717, 1.165) is 26.2 Å². The highest BCUT2D eigenvalue weighted by Crippen LogP contribution is 2.08. The molecule has 0 aliphatic carbocycles. The summed E-state index contributed by atoms with van der Waals surface area (Å²) in [7, 11) is 0. The van der Waals surface area contributed by atoms with Gasteiger partial charge in [-0.2, -0.15) is 0 Å². The molecular formula is C12H18N4O. The van der Waals surface area contributed by atoms with Crippen LogP contribution in [-0.4, -0.2) is 57.9 Å². The second kappa shape index (κ2) is 5.23. The van der Waals surface area contributed by atoms with Gasteiger partial charge in [0.25, 0.3) is 5.91 Å². The SMILES string of the molecule is CC(C)N1CCN(C(=O)c2cnccn2)CC1. The summed E-state index contributed by atoms with van der Waals surface area (Å²) in [5.74, 6) is -0.0125. The molecule has 0 atom stereocenters. The first-order chi connectivity index (χ1) is 8.18. The van der Waals surface area contributed by atoms with Crippen LogP contribution in [0.25, 0.3) is 0 Å². The molecule has 1 aliphatic rings. The first-order valence-electron chi connectivity index (χ1n) is 5.98. The van der Waals surface area contributed by atoms with Gasteiger partial charge in [0.2, 0.25) is 0 Å². The highest BCUT2D eigenvalue weighted by atomic mass is 16.2. The van der Waals surface area contributed by atoms with Crippen molar-refractivity contribution in [3.8, 4) is 0 Å². The van der Waals surface area contributed by atoms with E-state index in [1.165, 1.54) is 6.20 Å². The Kier molecular flexibility index (Phi) is 3.68. The number of carbonyl (C=O) groups excluding carboxylic acids is 1. The van der Waals surface area contributed by atoms with Crippen molar-refractivity contribution in [2.24, 2.45) is 0 Å².